The highest BCUT2D eigenvalue weighted by atomic mass is 32.2. The van der Waals surface area contributed by atoms with Crippen LogP contribution in [0.3, 0.4) is 0 Å². The van der Waals surface area contributed by atoms with Gasteiger partial charge in [-0.15, -0.1) is 0 Å². The van der Waals surface area contributed by atoms with E-state index in [4.69, 9.17) is 4.74 Å². The van der Waals surface area contributed by atoms with Gasteiger partial charge in [-0.2, -0.15) is 0 Å². The van der Waals surface area contributed by atoms with Gasteiger partial charge in [0.25, 0.3) is 10.0 Å². The lowest BCUT2D eigenvalue weighted by Gasteiger charge is -2.19. The molecule has 0 N–H and O–H groups in total. The Morgan fingerprint density at radius 2 is 1.55 bits per heavy atom. The van der Waals surface area contributed by atoms with Crippen molar-refractivity contribution in [3.63, 3.8) is 0 Å². The maximum atomic E-state index is 12.9. The molecule has 0 spiro atoms. The summed E-state index contributed by atoms with van der Waals surface area (Å²) >= 11 is 0. The fourth-order valence-electron chi connectivity index (χ4n) is 1.70. The summed E-state index contributed by atoms with van der Waals surface area (Å²) < 4.78 is 43.8. The van der Waals surface area contributed by atoms with Gasteiger partial charge in [-0.1, -0.05) is 0 Å². The first-order valence-corrected chi connectivity index (χ1v) is 7.28. The minimum absolute atomic E-state index is 0.0391. The van der Waals surface area contributed by atoms with Crippen molar-refractivity contribution in [3.05, 3.63) is 54.3 Å². The third-order valence-electron chi connectivity index (χ3n) is 2.91. The van der Waals surface area contributed by atoms with Crippen molar-refractivity contribution in [2.45, 2.75) is 4.90 Å². The Morgan fingerprint density at radius 1 is 1.00 bits per heavy atom. The molecule has 0 radical (unpaired) electrons. The van der Waals surface area contributed by atoms with E-state index in [-0.39, 0.29) is 4.90 Å². The van der Waals surface area contributed by atoms with E-state index in [1.54, 1.807) is 24.3 Å². The van der Waals surface area contributed by atoms with Crippen molar-refractivity contribution in [3.8, 4) is 5.75 Å². The van der Waals surface area contributed by atoms with Crippen molar-refractivity contribution in [2.75, 3.05) is 18.5 Å². The number of rotatable bonds is 4. The molecule has 4 nitrogen and oxygen atoms in total. The molecule has 0 amide bonds. The van der Waals surface area contributed by atoms with Crippen LogP contribution < -0.4 is 9.04 Å². The Kier molecular flexibility index (Phi) is 3.94. The third-order valence-corrected chi connectivity index (χ3v) is 4.71. The summed E-state index contributed by atoms with van der Waals surface area (Å²) in [5.74, 6) is 0.164. The number of benzene rings is 2. The second-order valence-electron chi connectivity index (χ2n) is 4.12. The van der Waals surface area contributed by atoms with E-state index in [0.717, 1.165) is 16.4 Å². The summed E-state index contributed by atoms with van der Waals surface area (Å²) in [6.45, 7) is 0. The number of methoxy groups -OCH3 is 1. The van der Waals surface area contributed by atoms with Gasteiger partial charge in [-0.05, 0) is 48.5 Å². The summed E-state index contributed by atoms with van der Waals surface area (Å²) in [5, 5.41) is 0. The first-order valence-electron chi connectivity index (χ1n) is 5.83. The zero-order valence-electron chi connectivity index (χ0n) is 11.1. The van der Waals surface area contributed by atoms with Crippen LogP contribution >= 0.6 is 0 Å². The lowest BCUT2D eigenvalue weighted by Crippen LogP contribution is -2.26. The SMILES string of the molecule is COc1ccc(N(C)S(=O)(=O)c2ccc(F)cc2)cc1. The molecule has 0 saturated heterocycles. The summed E-state index contributed by atoms with van der Waals surface area (Å²) in [5.41, 5.74) is 0.495. The molecule has 0 aliphatic carbocycles. The lowest BCUT2D eigenvalue weighted by molar-refractivity contribution is 0.415. The first-order chi connectivity index (χ1) is 9.45. The molecule has 0 unspecified atom stereocenters. The molecule has 0 heterocycles. The van der Waals surface area contributed by atoms with Crippen molar-refractivity contribution < 1.29 is 17.5 Å². The zero-order valence-corrected chi connectivity index (χ0v) is 11.9. The molecule has 2 rings (SSSR count). The van der Waals surface area contributed by atoms with Gasteiger partial charge in [0.2, 0.25) is 0 Å². The average Bonchev–Trinajstić information content (AvgIpc) is 2.47. The van der Waals surface area contributed by atoms with Crippen molar-refractivity contribution >= 4 is 15.7 Å². The molecule has 2 aromatic rings. The van der Waals surface area contributed by atoms with Gasteiger partial charge in [0, 0.05) is 7.05 Å². The molecule has 0 aliphatic rings. The molecule has 2 aromatic carbocycles. The van der Waals surface area contributed by atoms with Gasteiger partial charge < -0.3 is 4.74 Å². The fourth-order valence-corrected chi connectivity index (χ4v) is 2.89. The number of sulfonamides is 1. The molecule has 106 valence electrons. The molecule has 0 saturated carbocycles. The van der Waals surface area contributed by atoms with Crippen LogP contribution in [0.4, 0.5) is 10.1 Å². The van der Waals surface area contributed by atoms with Crippen LogP contribution in [0.25, 0.3) is 0 Å². The topological polar surface area (TPSA) is 46.6 Å². The largest absolute Gasteiger partial charge is 0.497 e. The Hall–Kier alpha value is -2.08. The monoisotopic (exact) mass is 295 g/mol. The van der Waals surface area contributed by atoms with E-state index >= 15 is 0 Å². The predicted octanol–water partition coefficient (Wildman–Crippen LogP) is 2.66. The number of hydrogen-bond donors (Lipinski definition) is 0. The number of hydrogen-bond acceptors (Lipinski definition) is 3. The number of anilines is 1. The van der Waals surface area contributed by atoms with Gasteiger partial charge in [0.15, 0.2) is 0 Å². The van der Waals surface area contributed by atoms with Gasteiger partial charge in [-0.3, -0.25) is 4.31 Å². The molecule has 0 bridgehead atoms. The molecular formula is C14H14FNO3S. The summed E-state index contributed by atoms with van der Waals surface area (Å²) in [7, 11) is -0.722. The number of halogens is 1. The normalized spacial score (nSPS) is 11.2. The summed E-state index contributed by atoms with van der Waals surface area (Å²) in [4.78, 5) is 0.0391. The van der Waals surface area contributed by atoms with Gasteiger partial charge >= 0.3 is 0 Å². The van der Waals surface area contributed by atoms with Gasteiger partial charge in [0.05, 0.1) is 17.7 Å². The van der Waals surface area contributed by atoms with Crippen LogP contribution in [-0.2, 0) is 10.0 Å². The Balaban J connectivity index is 2.35. The quantitative estimate of drug-likeness (QED) is 0.871. The number of ether oxygens (including phenoxy) is 1. The fraction of sp³-hybridized carbons (Fsp3) is 0.143. The highest BCUT2D eigenvalue weighted by Crippen LogP contribution is 2.24. The molecule has 0 aromatic heterocycles. The average molecular weight is 295 g/mol. The maximum Gasteiger partial charge on any atom is 0.264 e. The second kappa shape index (κ2) is 5.50. The predicted molar refractivity (Wildman–Crippen MR) is 75.0 cm³/mol. The van der Waals surface area contributed by atoms with Crippen molar-refractivity contribution in [2.24, 2.45) is 0 Å². The van der Waals surface area contributed by atoms with Crippen LogP contribution in [0, 0.1) is 5.82 Å². The standard InChI is InChI=1S/C14H14FNO3S/c1-16(12-5-7-13(19-2)8-6-12)20(17,18)14-9-3-11(15)4-10-14/h3-10H,1-2H3. The molecule has 20 heavy (non-hydrogen) atoms. The highest BCUT2D eigenvalue weighted by Gasteiger charge is 2.21. The Bertz CT molecular complexity index is 681. The van der Waals surface area contributed by atoms with Crippen molar-refractivity contribution in [1.29, 1.82) is 0 Å². The molecule has 0 fully saturated rings. The maximum absolute atomic E-state index is 12.9. The van der Waals surface area contributed by atoms with Crippen LogP contribution in [-0.4, -0.2) is 22.6 Å². The van der Waals surface area contributed by atoms with Gasteiger partial charge in [0.1, 0.15) is 11.6 Å². The van der Waals surface area contributed by atoms with E-state index in [1.807, 2.05) is 0 Å². The smallest absolute Gasteiger partial charge is 0.264 e. The van der Waals surface area contributed by atoms with Crippen LogP contribution in [0.2, 0.25) is 0 Å². The first kappa shape index (κ1) is 14.3. The summed E-state index contributed by atoms with van der Waals surface area (Å²) in [6, 6.07) is 11.3. The Labute approximate surface area is 117 Å². The molecule has 0 aliphatic heterocycles. The van der Waals surface area contributed by atoms with E-state index in [1.165, 1.54) is 26.3 Å². The minimum Gasteiger partial charge on any atom is -0.497 e. The summed E-state index contributed by atoms with van der Waals surface area (Å²) in [6.07, 6.45) is 0. The van der Waals surface area contributed by atoms with E-state index in [9.17, 15) is 12.8 Å². The van der Waals surface area contributed by atoms with Crippen LogP contribution in [0.5, 0.6) is 5.75 Å². The van der Waals surface area contributed by atoms with Crippen LogP contribution in [0.1, 0.15) is 0 Å². The lowest BCUT2D eigenvalue weighted by atomic mass is 10.3. The highest BCUT2D eigenvalue weighted by molar-refractivity contribution is 7.92. The van der Waals surface area contributed by atoms with Crippen LogP contribution in [0.15, 0.2) is 53.4 Å². The number of nitrogens with zero attached hydrogens (tertiary/aromatic N) is 1. The molecular weight excluding hydrogens is 281 g/mol. The third kappa shape index (κ3) is 2.75. The van der Waals surface area contributed by atoms with Crippen molar-refractivity contribution in [1.82, 2.24) is 0 Å². The van der Waals surface area contributed by atoms with Gasteiger partial charge in [-0.25, -0.2) is 12.8 Å². The zero-order chi connectivity index (χ0) is 14.8. The molecule has 0 atom stereocenters. The second-order valence-corrected chi connectivity index (χ2v) is 6.09. The van der Waals surface area contributed by atoms with E-state index < -0.39 is 15.8 Å². The minimum atomic E-state index is -3.70. The Morgan fingerprint density at radius 3 is 2.05 bits per heavy atom. The van der Waals surface area contributed by atoms with E-state index in [2.05, 4.69) is 0 Å². The van der Waals surface area contributed by atoms with E-state index in [0.29, 0.717) is 11.4 Å². The molecule has 6 heteroatoms.